The van der Waals surface area contributed by atoms with Crippen LogP contribution in [0.15, 0.2) is 24.7 Å². The minimum Gasteiger partial charge on any atom is -0.368 e. The van der Waals surface area contributed by atoms with E-state index in [1.165, 1.54) is 18.6 Å². The van der Waals surface area contributed by atoms with E-state index in [1.54, 1.807) is 6.07 Å². The fourth-order valence-electron chi connectivity index (χ4n) is 3.00. The van der Waals surface area contributed by atoms with E-state index in [4.69, 9.17) is 0 Å². The maximum absolute atomic E-state index is 14.6. The highest BCUT2D eigenvalue weighted by Gasteiger charge is 2.31. The maximum atomic E-state index is 14.6. The molecule has 1 aliphatic carbocycles. The predicted molar refractivity (Wildman–Crippen MR) is 82.6 cm³/mol. The van der Waals surface area contributed by atoms with Crippen LogP contribution in [0.5, 0.6) is 0 Å². The second kappa shape index (κ2) is 5.72. The number of piperazine rings is 1. The lowest BCUT2D eigenvalue weighted by Crippen LogP contribution is -2.47. The largest absolute Gasteiger partial charge is 0.368 e. The number of pyridine rings is 1. The SMILES string of the molecule is Fc1cc(N2CCN(c3ncnc(C4CC4)c3F)CC2)ccn1. The van der Waals surface area contributed by atoms with Gasteiger partial charge in [-0.1, -0.05) is 0 Å². The van der Waals surface area contributed by atoms with Crippen molar-refractivity contribution in [2.75, 3.05) is 36.0 Å². The molecule has 23 heavy (non-hydrogen) atoms. The standard InChI is InChI=1S/C16H17F2N5/c17-13-9-12(3-4-19-13)22-5-7-23(8-6-22)16-14(18)15(11-1-2-11)20-10-21-16/h3-4,9-11H,1-2,5-8H2. The molecular weight excluding hydrogens is 300 g/mol. The summed E-state index contributed by atoms with van der Waals surface area (Å²) in [5, 5.41) is 0. The van der Waals surface area contributed by atoms with Gasteiger partial charge in [0.2, 0.25) is 5.95 Å². The molecule has 0 amide bonds. The lowest BCUT2D eigenvalue weighted by atomic mass is 10.2. The van der Waals surface area contributed by atoms with Crippen molar-refractivity contribution in [3.63, 3.8) is 0 Å². The lowest BCUT2D eigenvalue weighted by Gasteiger charge is -2.36. The Labute approximate surface area is 133 Å². The molecule has 1 saturated heterocycles. The molecule has 3 heterocycles. The molecule has 2 aromatic rings. The maximum Gasteiger partial charge on any atom is 0.214 e. The van der Waals surface area contributed by atoms with Gasteiger partial charge in [0.15, 0.2) is 11.6 Å². The van der Waals surface area contributed by atoms with E-state index >= 15 is 0 Å². The molecule has 0 spiro atoms. The van der Waals surface area contributed by atoms with Crippen molar-refractivity contribution in [1.29, 1.82) is 0 Å². The van der Waals surface area contributed by atoms with E-state index in [-0.39, 0.29) is 11.7 Å². The zero-order valence-corrected chi connectivity index (χ0v) is 12.6. The number of nitrogens with zero attached hydrogens (tertiary/aromatic N) is 5. The van der Waals surface area contributed by atoms with Crippen LogP contribution in [0.1, 0.15) is 24.5 Å². The number of hydrogen-bond acceptors (Lipinski definition) is 5. The Balaban J connectivity index is 1.48. The molecule has 4 rings (SSSR count). The second-order valence-corrected chi connectivity index (χ2v) is 5.98. The molecule has 1 saturated carbocycles. The van der Waals surface area contributed by atoms with Gasteiger partial charge in [-0.15, -0.1) is 0 Å². The molecule has 2 aromatic heterocycles. The second-order valence-electron chi connectivity index (χ2n) is 5.98. The van der Waals surface area contributed by atoms with Crippen molar-refractivity contribution >= 4 is 11.5 Å². The Morgan fingerprint density at radius 1 is 0.957 bits per heavy atom. The normalized spacial score (nSPS) is 18.3. The third-order valence-corrected chi connectivity index (χ3v) is 4.42. The van der Waals surface area contributed by atoms with E-state index in [0.717, 1.165) is 18.5 Å². The topological polar surface area (TPSA) is 45.2 Å². The van der Waals surface area contributed by atoms with Gasteiger partial charge < -0.3 is 9.80 Å². The Kier molecular flexibility index (Phi) is 3.55. The molecule has 0 atom stereocenters. The Morgan fingerprint density at radius 2 is 1.70 bits per heavy atom. The van der Waals surface area contributed by atoms with Crippen LogP contribution in [0.3, 0.4) is 0 Å². The average molecular weight is 317 g/mol. The van der Waals surface area contributed by atoms with Gasteiger partial charge >= 0.3 is 0 Å². The van der Waals surface area contributed by atoms with Gasteiger partial charge in [-0.25, -0.2) is 19.3 Å². The molecule has 0 aromatic carbocycles. The van der Waals surface area contributed by atoms with Crippen LogP contribution in [0, 0.1) is 11.8 Å². The van der Waals surface area contributed by atoms with Gasteiger partial charge in [-0.2, -0.15) is 4.39 Å². The summed E-state index contributed by atoms with van der Waals surface area (Å²) in [6, 6.07) is 3.21. The van der Waals surface area contributed by atoms with Crippen LogP contribution in [0.4, 0.5) is 20.3 Å². The third kappa shape index (κ3) is 2.83. The molecule has 0 bridgehead atoms. The Hall–Kier alpha value is -2.31. The van der Waals surface area contributed by atoms with Crippen molar-refractivity contribution in [2.24, 2.45) is 0 Å². The Morgan fingerprint density at radius 3 is 2.39 bits per heavy atom. The molecule has 0 N–H and O–H groups in total. The van der Waals surface area contributed by atoms with Gasteiger partial charge in [-0.05, 0) is 18.9 Å². The van der Waals surface area contributed by atoms with Crippen LogP contribution >= 0.6 is 0 Å². The Bertz CT molecular complexity index is 711. The minimum absolute atomic E-state index is 0.262. The molecule has 7 heteroatoms. The van der Waals surface area contributed by atoms with Crippen molar-refractivity contribution in [2.45, 2.75) is 18.8 Å². The predicted octanol–water partition coefficient (Wildman–Crippen LogP) is 2.35. The van der Waals surface area contributed by atoms with Crippen molar-refractivity contribution in [3.05, 3.63) is 42.1 Å². The first-order valence-electron chi connectivity index (χ1n) is 7.84. The molecule has 2 fully saturated rings. The first-order chi connectivity index (χ1) is 11.2. The van der Waals surface area contributed by atoms with Crippen LogP contribution in [-0.2, 0) is 0 Å². The summed E-state index contributed by atoms with van der Waals surface area (Å²) < 4.78 is 27.8. The van der Waals surface area contributed by atoms with Crippen LogP contribution in [0.2, 0.25) is 0 Å². The minimum atomic E-state index is -0.485. The van der Waals surface area contributed by atoms with E-state index in [2.05, 4.69) is 19.9 Å². The average Bonchev–Trinajstić information content (AvgIpc) is 3.40. The zero-order valence-electron chi connectivity index (χ0n) is 12.6. The fraction of sp³-hybridized carbons (Fsp3) is 0.438. The van der Waals surface area contributed by atoms with Gasteiger partial charge in [0.25, 0.3) is 0 Å². The van der Waals surface area contributed by atoms with E-state index < -0.39 is 5.95 Å². The van der Waals surface area contributed by atoms with E-state index in [0.29, 0.717) is 37.7 Å². The van der Waals surface area contributed by atoms with Crippen molar-refractivity contribution in [3.8, 4) is 0 Å². The van der Waals surface area contributed by atoms with Crippen molar-refractivity contribution in [1.82, 2.24) is 15.0 Å². The van der Waals surface area contributed by atoms with Crippen molar-refractivity contribution < 1.29 is 8.78 Å². The molecule has 0 unspecified atom stereocenters. The number of anilines is 2. The number of halogens is 2. The number of hydrogen-bond donors (Lipinski definition) is 0. The van der Waals surface area contributed by atoms with Crippen LogP contribution < -0.4 is 9.80 Å². The fourth-order valence-corrected chi connectivity index (χ4v) is 3.00. The molecular formula is C16H17F2N5. The first kappa shape index (κ1) is 14.3. The van der Waals surface area contributed by atoms with E-state index in [9.17, 15) is 8.78 Å². The summed E-state index contributed by atoms with van der Waals surface area (Å²) >= 11 is 0. The van der Waals surface area contributed by atoms with Crippen LogP contribution in [0.25, 0.3) is 0 Å². The molecule has 2 aliphatic rings. The van der Waals surface area contributed by atoms with Gasteiger partial charge in [0, 0.05) is 50.0 Å². The summed E-state index contributed by atoms with van der Waals surface area (Å²) in [5.74, 6) is -0.112. The monoisotopic (exact) mass is 317 g/mol. The van der Waals surface area contributed by atoms with Gasteiger partial charge in [-0.3, -0.25) is 0 Å². The summed E-state index contributed by atoms with van der Waals surface area (Å²) in [4.78, 5) is 15.8. The third-order valence-electron chi connectivity index (χ3n) is 4.42. The molecule has 0 radical (unpaired) electrons. The van der Waals surface area contributed by atoms with Gasteiger partial charge in [0.05, 0.1) is 5.69 Å². The summed E-state index contributed by atoms with van der Waals surface area (Å²) in [7, 11) is 0. The summed E-state index contributed by atoms with van der Waals surface area (Å²) in [6.07, 6.45) is 4.93. The molecule has 5 nitrogen and oxygen atoms in total. The highest BCUT2D eigenvalue weighted by atomic mass is 19.1. The van der Waals surface area contributed by atoms with Gasteiger partial charge in [0.1, 0.15) is 6.33 Å². The smallest absolute Gasteiger partial charge is 0.214 e. The number of rotatable bonds is 3. The highest BCUT2D eigenvalue weighted by Crippen LogP contribution is 2.41. The molecule has 1 aliphatic heterocycles. The quantitative estimate of drug-likeness (QED) is 0.813. The van der Waals surface area contributed by atoms with Crippen LogP contribution in [-0.4, -0.2) is 41.1 Å². The highest BCUT2D eigenvalue weighted by molar-refractivity contribution is 5.49. The lowest BCUT2D eigenvalue weighted by molar-refractivity contribution is 0.564. The number of aromatic nitrogens is 3. The summed E-state index contributed by atoms with van der Waals surface area (Å²) in [6.45, 7) is 2.65. The molecule has 120 valence electrons. The van der Waals surface area contributed by atoms with E-state index in [1.807, 2.05) is 4.90 Å². The first-order valence-corrected chi connectivity index (χ1v) is 7.84. The zero-order chi connectivity index (χ0) is 15.8. The summed E-state index contributed by atoms with van der Waals surface area (Å²) in [5.41, 5.74) is 1.35.